The Bertz CT molecular complexity index is 699. The molecule has 0 aromatic carbocycles. The van der Waals surface area contributed by atoms with E-state index in [1.807, 2.05) is 13.8 Å². The zero-order valence-corrected chi connectivity index (χ0v) is 13.7. The molecule has 0 fully saturated rings. The number of carbonyl (C=O) groups excluding carboxylic acids is 1. The van der Waals surface area contributed by atoms with E-state index in [9.17, 15) is 9.59 Å². The van der Waals surface area contributed by atoms with Crippen molar-refractivity contribution in [2.45, 2.75) is 32.9 Å². The second-order valence-corrected chi connectivity index (χ2v) is 6.14. The number of rotatable bonds is 7. The van der Waals surface area contributed by atoms with Crippen molar-refractivity contribution >= 4 is 23.2 Å². The van der Waals surface area contributed by atoms with Crippen LogP contribution in [0.2, 0.25) is 0 Å². The number of nitrogens with one attached hydrogen (secondary N) is 1. The number of carboxylic acid groups (broad SMARTS) is 1. The van der Waals surface area contributed by atoms with Crippen molar-refractivity contribution in [3.63, 3.8) is 0 Å². The molecule has 2 aromatic heterocycles. The van der Waals surface area contributed by atoms with Crippen LogP contribution in [0.15, 0.2) is 30.5 Å². The Morgan fingerprint density at radius 2 is 2.17 bits per heavy atom. The van der Waals surface area contributed by atoms with Gasteiger partial charge in [-0.15, -0.1) is 11.3 Å². The van der Waals surface area contributed by atoms with Crippen molar-refractivity contribution < 1.29 is 19.4 Å². The van der Waals surface area contributed by atoms with Crippen LogP contribution in [0.3, 0.4) is 0 Å². The van der Waals surface area contributed by atoms with Gasteiger partial charge in [0.1, 0.15) is 4.88 Å². The molecule has 2 rings (SSSR count). The molecule has 0 spiro atoms. The summed E-state index contributed by atoms with van der Waals surface area (Å²) in [4.78, 5) is 28.1. The number of thiophene rings is 1. The first-order valence-corrected chi connectivity index (χ1v) is 8.04. The lowest BCUT2D eigenvalue weighted by atomic mass is 10.2. The van der Waals surface area contributed by atoms with Gasteiger partial charge in [0.15, 0.2) is 0 Å². The summed E-state index contributed by atoms with van der Waals surface area (Å²) in [6.07, 6.45) is 2.41. The van der Waals surface area contributed by atoms with E-state index < -0.39 is 5.97 Å². The van der Waals surface area contributed by atoms with Gasteiger partial charge in [0.2, 0.25) is 5.88 Å². The fourth-order valence-electron chi connectivity index (χ4n) is 1.76. The second-order valence-electron chi connectivity index (χ2n) is 4.97. The van der Waals surface area contributed by atoms with Crippen LogP contribution in [0.1, 0.15) is 45.2 Å². The van der Waals surface area contributed by atoms with E-state index in [2.05, 4.69) is 10.3 Å². The molecule has 2 aromatic rings. The maximum atomic E-state index is 12.2. The fourth-order valence-corrected chi connectivity index (χ4v) is 2.55. The largest absolute Gasteiger partial charge is 0.477 e. The van der Waals surface area contributed by atoms with Crippen LogP contribution in [-0.2, 0) is 6.54 Å². The van der Waals surface area contributed by atoms with Gasteiger partial charge in [-0.3, -0.25) is 4.79 Å². The monoisotopic (exact) mass is 334 g/mol. The smallest absolute Gasteiger partial charge is 0.345 e. The third kappa shape index (κ3) is 4.79. The minimum absolute atomic E-state index is 0.0290. The van der Waals surface area contributed by atoms with Crippen LogP contribution in [-0.4, -0.2) is 28.1 Å². The number of ether oxygens (including phenoxy) is 1. The zero-order chi connectivity index (χ0) is 16.8. The van der Waals surface area contributed by atoms with E-state index in [1.165, 1.54) is 12.3 Å². The molecule has 1 unspecified atom stereocenters. The molecule has 2 N–H and O–H groups in total. The maximum Gasteiger partial charge on any atom is 0.345 e. The number of pyridine rings is 1. The summed E-state index contributed by atoms with van der Waals surface area (Å²) in [6.45, 7) is 4.22. The molecule has 0 bridgehead atoms. The van der Waals surface area contributed by atoms with Crippen LogP contribution < -0.4 is 10.1 Å². The molecule has 0 saturated carbocycles. The Balaban J connectivity index is 1.97. The van der Waals surface area contributed by atoms with Crippen molar-refractivity contribution in [1.29, 1.82) is 0 Å². The summed E-state index contributed by atoms with van der Waals surface area (Å²) in [5.74, 6) is -0.809. The van der Waals surface area contributed by atoms with Crippen molar-refractivity contribution in [2.24, 2.45) is 0 Å². The van der Waals surface area contributed by atoms with E-state index in [1.54, 1.807) is 18.2 Å². The van der Waals surface area contributed by atoms with Gasteiger partial charge in [0.25, 0.3) is 5.91 Å². The normalized spacial score (nSPS) is 11.7. The van der Waals surface area contributed by atoms with Crippen LogP contribution in [0.5, 0.6) is 5.88 Å². The van der Waals surface area contributed by atoms with E-state index in [-0.39, 0.29) is 23.4 Å². The van der Waals surface area contributed by atoms with Crippen LogP contribution in [0.4, 0.5) is 0 Å². The summed E-state index contributed by atoms with van der Waals surface area (Å²) >= 11 is 1.14. The Hall–Kier alpha value is -2.41. The SMILES string of the molecule is CCC(C)Oc1cc(C(=O)NCc2ccc(C(=O)O)s2)ccn1. The van der Waals surface area contributed by atoms with Crippen LogP contribution in [0, 0.1) is 0 Å². The summed E-state index contributed by atoms with van der Waals surface area (Å²) < 4.78 is 5.59. The molecule has 0 aliphatic carbocycles. The molecule has 0 aliphatic rings. The van der Waals surface area contributed by atoms with Gasteiger partial charge in [-0.1, -0.05) is 6.92 Å². The van der Waals surface area contributed by atoms with Gasteiger partial charge in [0.05, 0.1) is 12.6 Å². The lowest BCUT2D eigenvalue weighted by Crippen LogP contribution is -2.22. The third-order valence-electron chi connectivity index (χ3n) is 3.19. The van der Waals surface area contributed by atoms with Gasteiger partial charge >= 0.3 is 5.97 Å². The number of aromatic nitrogens is 1. The molecule has 1 amide bonds. The van der Waals surface area contributed by atoms with E-state index in [0.717, 1.165) is 22.6 Å². The fraction of sp³-hybridized carbons (Fsp3) is 0.312. The van der Waals surface area contributed by atoms with Gasteiger partial charge in [0, 0.05) is 22.7 Å². The Labute approximate surface area is 138 Å². The number of nitrogens with zero attached hydrogens (tertiary/aromatic N) is 1. The number of carboxylic acids is 1. The summed E-state index contributed by atoms with van der Waals surface area (Å²) in [5, 5.41) is 11.6. The van der Waals surface area contributed by atoms with Gasteiger partial charge < -0.3 is 15.2 Å². The standard InChI is InChI=1S/C16H18N2O4S/c1-3-10(2)22-14-8-11(6-7-17-14)15(19)18-9-12-4-5-13(23-12)16(20)21/h4-8,10H,3,9H2,1-2H3,(H,18,19)(H,20,21). The average Bonchev–Trinajstić information content (AvgIpc) is 3.02. The minimum atomic E-state index is -0.964. The molecule has 122 valence electrons. The molecule has 0 aliphatic heterocycles. The van der Waals surface area contributed by atoms with E-state index in [4.69, 9.17) is 9.84 Å². The Morgan fingerprint density at radius 1 is 1.39 bits per heavy atom. The van der Waals surface area contributed by atoms with Gasteiger partial charge in [-0.2, -0.15) is 0 Å². The molecule has 7 heteroatoms. The van der Waals surface area contributed by atoms with Crippen molar-refractivity contribution in [1.82, 2.24) is 10.3 Å². The highest BCUT2D eigenvalue weighted by Crippen LogP contribution is 2.17. The highest BCUT2D eigenvalue weighted by molar-refractivity contribution is 7.13. The molecular formula is C16H18N2O4S. The van der Waals surface area contributed by atoms with Crippen LogP contribution >= 0.6 is 11.3 Å². The van der Waals surface area contributed by atoms with Gasteiger partial charge in [-0.05, 0) is 31.5 Å². The number of carbonyl (C=O) groups is 2. The first-order valence-electron chi connectivity index (χ1n) is 7.22. The maximum absolute atomic E-state index is 12.2. The van der Waals surface area contributed by atoms with Crippen molar-refractivity contribution in [3.05, 3.63) is 45.8 Å². The number of amides is 1. The molecule has 0 radical (unpaired) electrons. The van der Waals surface area contributed by atoms with E-state index in [0.29, 0.717) is 11.4 Å². The molecular weight excluding hydrogens is 316 g/mol. The highest BCUT2D eigenvalue weighted by Gasteiger charge is 2.11. The first-order chi connectivity index (χ1) is 11.0. The zero-order valence-electron chi connectivity index (χ0n) is 12.9. The molecule has 23 heavy (non-hydrogen) atoms. The predicted molar refractivity (Wildman–Crippen MR) is 87.1 cm³/mol. The number of hydrogen-bond acceptors (Lipinski definition) is 5. The molecule has 6 nitrogen and oxygen atoms in total. The van der Waals surface area contributed by atoms with Gasteiger partial charge in [-0.25, -0.2) is 9.78 Å². The molecule has 1 atom stereocenters. The second kappa shape index (κ2) is 7.73. The molecule has 0 saturated heterocycles. The Kier molecular flexibility index (Phi) is 5.70. The Morgan fingerprint density at radius 3 is 2.83 bits per heavy atom. The summed E-state index contributed by atoms with van der Waals surface area (Å²) in [5.41, 5.74) is 0.452. The van der Waals surface area contributed by atoms with Crippen LogP contribution in [0.25, 0.3) is 0 Å². The summed E-state index contributed by atoms with van der Waals surface area (Å²) in [7, 11) is 0. The minimum Gasteiger partial charge on any atom is -0.477 e. The summed E-state index contributed by atoms with van der Waals surface area (Å²) in [6, 6.07) is 6.42. The lowest BCUT2D eigenvalue weighted by Gasteiger charge is -2.12. The topological polar surface area (TPSA) is 88.5 Å². The molecule has 2 heterocycles. The van der Waals surface area contributed by atoms with Crippen molar-refractivity contribution in [3.8, 4) is 5.88 Å². The van der Waals surface area contributed by atoms with E-state index >= 15 is 0 Å². The van der Waals surface area contributed by atoms with Crippen molar-refractivity contribution in [2.75, 3.05) is 0 Å². The number of aromatic carboxylic acids is 1. The highest BCUT2D eigenvalue weighted by atomic mass is 32.1. The quantitative estimate of drug-likeness (QED) is 0.813. The average molecular weight is 334 g/mol. The predicted octanol–water partition coefficient (Wildman–Crippen LogP) is 2.95. The first kappa shape index (κ1) is 17.0. The number of hydrogen-bond donors (Lipinski definition) is 2. The lowest BCUT2D eigenvalue weighted by molar-refractivity contribution is 0.0702. The third-order valence-corrected chi connectivity index (χ3v) is 4.26.